The Morgan fingerprint density at radius 2 is 2.03 bits per heavy atom. The summed E-state index contributed by atoms with van der Waals surface area (Å²) in [6, 6.07) is 12.8. The lowest BCUT2D eigenvalue weighted by Crippen LogP contribution is -2.39. The summed E-state index contributed by atoms with van der Waals surface area (Å²) in [4.78, 5) is 11.8. The standard InChI is InChI=1S/C23H32N6/c1-4-8-19-14-22(29-12-11-21(16-29)25-18(5-2)6-3)28-23(26-19)27-20-10-7-9-17(13-20)15-24/h7,9-10,13-14,18,21,25H,4-6,8,11-12,16H2,1-3H3,(H,26,27,28). The second kappa shape index (κ2) is 10.2. The van der Waals surface area contributed by atoms with Crippen molar-refractivity contribution in [3.63, 3.8) is 0 Å². The second-order valence-electron chi connectivity index (χ2n) is 7.72. The van der Waals surface area contributed by atoms with Crippen LogP contribution in [0.15, 0.2) is 30.3 Å². The molecule has 1 aromatic heterocycles. The molecule has 1 aromatic carbocycles. The molecule has 2 heterocycles. The van der Waals surface area contributed by atoms with Gasteiger partial charge in [0.1, 0.15) is 5.82 Å². The Morgan fingerprint density at radius 3 is 2.76 bits per heavy atom. The fraction of sp³-hybridized carbons (Fsp3) is 0.522. The Bertz CT molecular complexity index is 840. The summed E-state index contributed by atoms with van der Waals surface area (Å²) < 4.78 is 0. The number of nitriles is 1. The van der Waals surface area contributed by atoms with E-state index in [1.165, 1.54) is 0 Å². The van der Waals surface area contributed by atoms with Crippen LogP contribution in [0.3, 0.4) is 0 Å². The molecule has 0 spiro atoms. The van der Waals surface area contributed by atoms with Crippen molar-refractivity contribution in [2.75, 3.05) is 23.3 Å². The average molecular weight is 393 g/mol. The lowest BCUT2D eigenvalue weighted by molar-refractivity contribution is 0.425. The summed E-state index contributed by atoms with van der Waals surface area (Å²) in [6.45, 7) is 8.63. The summed E-state index contributed by atoms with van der Waals surface area (Å²) in [6.07, 6.45) is 5.43. The first-order valence-electron chi connectivity index (χ1n) is 10.8. The monoisotopic (exact) mass is 392 g/mol. The van der Waals surface area contributed by atoms with Crippen molar-refractivity contribution in [2.24, 2.45) is 0 Å². The first kappa shape index (κ1) is 21.1. The molecule has 1 atom stereocenters. The number of hydrogen-bond donors (Lipinski definition) is 2. The number of rotatable bonds is 9. The average Bonchev–Trinajstić information content (AvgIpc) is 3.21. The Balaban J connectivity index is 1.77. The minimum absolute atomic E-state index is 0.508. The SMILES string of the molecule is CCCc1cc(N2CCC(NC(CC)CC)C2)nc(Nc2cccc(C#N)c2)n1. The fourth-order valence-electron chi connectivity index (χ4n) is 3.84. The summed E-state index contributed by atoms with van der Waals surface area (Å²) >= 11 is 0. The van der Waals surface area contributed by atoms with Crippen LogP contribution >= 0.6 is 0 Å². The van der Waals surface area contributed by atoms with Gasteiger partial charge in [-0.1, -0.05) is 33.3 Å². The summed E-state index contributed by atoms with van der Waals surface area (Å²) in [5.41, 5.74) is 2.50. The highest BCUT2D eigenvalue weighted by Crippen LogP contribution is 2.23. The normalized spacial score (nSPS) is 16.2. The number of hydrogen-bond acceptors (Lipinski definition) is 6. The topological polar surface area (TPSA) is 76.9 Å². The van der Waals surface area contributed by atoms with Crippen molar-refractivity contribution in [2.45, 2.75) is 65.0 Å². The predicted octanol–water partition coefficient (Wildman–Crippen LogP) is 4.40. The van der Waals surface area contributed by atoms with Gasteiger partial charge in [0, 0.05) is 42.6 Å². The molecule has 2 N–H and O–H groups in total. The number of nitrogens with one attached hydrogen (secondary N) is 2. The molecule has 0 amide bonds. The Hall–Kier alpha value is -2.65. The van der Waals surface area contributed by atoms with E-state index in [0.717, 1.165) is 62.4 Å². The molecular weight excluding hydrogens is 360 g/mol. The van der Waals surface area contributed by atoms with Gasteiger partial charge in [-0.25, -0.2) is 4.98 Å². The van der Waals surface area contributed by atoms with Crippen LogP contribution < -0.4 is 15.5 Å². The number of aryl methyl sites for hydroxylation is 1. The van der Waals surface area contributed by atoms with Crippen molar-refractivity contribution in [3.8, 4) is 6.07 Å². The molecule has 154 valence electrons. The van der Waals surface area contributed by atoms with Crippen molar-refractivity contribution in [3.05, 3.63) is 41.6 Å². The van der Waals surface area contributed by atoms with Gasteiger partial charge in [-0.3, -0.25) is 0 Å². The molecule has 3 rings (SSSR count). The highest BCUT2D eigenvalue weighted by Gasteiger charge is 2.25. The van der Waals surface area contributed by atoms with E-state index in [4.69, 9.17) is 15.2 Å². The molecule has 6 heteroatoms. The van der Waals surface area contributed by atoms with E-state index in [9.17, 15) is 0 Å². The van der Waals surface area contributed by atoms with E-state index in [1.807, 2.05) is 18.2 Å². The van der Waals surface area contributed by atoms with E-state index >= 15 is 0 Å². The first-order valence-corrected chi connectivity index (χ1v) is 10.8. The lowest BCUT2D eigenvalue weighted by atomic mass is 10.1. The van der Waals surface area contributed by atoms with Gasteiger partial charge in [0.05, 0.1) is 11.6 Å². The van der Waals surface area contributed by atoms with Gasteiger partial charge in [-0.05, 0) is 43.9 Å². The van der Waals surface area contributed by atoms with Crippen molar-refractivity contribution >= 4 is 17.5 Å². The number of benzene rings is 1. The minimum atomic E-state index is 0.508. The van der Waals surface area contributed by atoms with E-state index in [0.29, 0.717) is 23.6 Å². The first-order chi connectivity index (χ1) is 14.1. The quantitative estimate of drug-likeness (QED) is 0.659. The molecule has 0 bridgehead atoms. The summed E-state index contributed by atoms with van der Waals surface area (Å²) in [5.74, 6) is 1.58. The third-order valence-electron chi connectivity index (χ3n) is 5.49. The van der Waals surface area contributed by atoms with E-state index in [1.54, 1.807) is 6.07 Å². The number of aromatic nitrogens is 2. The predicted molar refractivity (Wildman–Crippen MR) is 119 cm³/mol. The molecule has 1 unspecified atom stereocenters. The molecule has 0 saturated carbocycles. The fourth-order valence-corrected chi connectivity index (χ4v) is 3.84. The largest absolute Gasteiger partial charge is 0.355 e. The smallest absolute Gasteiger partial charge is 0.229 e. The van der Waals surface area contributed by atoms with Gasteiger partial charge in [0.2, 0.25) is 5.95 Å². The highest BCUT2D eigenvalue weighted by atomic mass is 15.3. The Labute approximate surface area is 174 Å². The second-order valence-corrected chi connectivity index (χ2v) is 7.72. The van der Waals surface area contributed by atoms with Crippen LogP contribution in [0.4, 0.5) is 17.5 Å². The molecule has 6 nitrogen and oxygen atoms in total. The number of nitrogens with zero attached hydrogens (tertiary/aromatic N) is 4. The zero-order valence-electron chi connectivity index (χ0n) is 17.8. The molecule has 0 aliphatic carbocycles. The summed E-state index contributed by atoms with van der Waals surface area (Å²) in [7, 11) is 0. The molecule has 0 radical (unpaired) electrons. The molecular formula is C23H32N6. The van der Waals surface area contributed by atoms with Crippen molar-refractivity contribution in [1.82, 2.24) is 15.3 Å². The van der Waals surface area contributed by atoms with Gasteiger partial charge >= 0.3 is 0 Å². The maximum absolute atomic E-state index is 9.13. The van der Waals surface area contributed by atoms with Gasteiger partial charge in [0.25, 0.3) is 0 Å². The third-order valence-corrected chi connectivity index (χ3v) is 5.49. The van der Waals surface area contributed by atoms with Gasteiger partial charge in [0.15, 0.2) is 0 Å². The van der Waals surface area contributed by atoms with Crippen molar-refractivity contribution in [1.29, 1.82) is 5.26 Å². The molecule has 1 fully saturated rings. The minimum Gasteiger partial charge on any atom is -0.355 e. The van der Waals surface area contributed by atoms with Crippen molar-refractivity contribution < 1.29 is 0 Å². The third kappa shape index (κ3) is 5.68. The molecule has 2 aromatic rings. The number of anilines is 3. The molecule has 1 aliphatic heterocycles. The van der Waals surface area contributed by atoms with Crippen LogP contribution in [0.2, 0.25) is 0 Å². The van der Waals surface area contributed by atoms with Crippen LogP contribution in [-0.2, 0) is 6.42 Å². The van der Waals surface area contributed by atoms with Gasteiger partial charge in [-0.2, -0.15) is 10.2 Å². The van der Waals surface area contributed by atoms with Crippen LogP contribution in [0.25, 0.3) is 0 Å². The molecule has 1 aliphatic rings. The summed E-state index contributed by atoms with van der Waals surface area (Å²) in [5, 5.41) is 16.2. The van der Waals surface area contributed by atoms with Crippen LogP contribution in [-0.4, -0.2) is 35.1 Å². The Kier molecular flexibility index (Phi) is 7.42. The lowest BCUT2D eigenvalue weighted by Gasteiger charge is -2.22. The maximum Gasteiger partial charge on any atom is 0.229 e. The zero-order chi connectivity index (χ0) is 20.6. The van der Waals surface area contributed by atoms with E-state index in [2.05, 4.69) is 48.4 Å². The van der Waals surface area contributed by atoms with Gasteiger partial charge in [-0.15, -0.1) is 0 Å². The van der Waals surface area contributed by atoms with Crippen LogP contribution in [0.1, 0.15) is 57.7 Å². The van der Waals surface area contributed by atoms with Gasteiger partial charge < -0.3 is 15.5 Å². The Morgan fingerprint density at radius 1 is 1.21 bits per heavy atom. The van der Waals surface area contributed by atoms with E-state index in [-0.39, 0.29) is 0 Å². The van der Waals surface area contributed by atoms with Crippen LogP contribution in [0.5, 0.6) is 0 Å². The molecule has 1 saturated heterocycles. The zero-order valence-corrected chi connectivity index (χ0v) is 17.8. The molecule has 29 heavy (non-hydrogen) atoms. The van der Waals surface area contributed by atoms with Crippen LogP contribution in [0, 0.1) is 11.3 Å². The highest BCUT2D eigenvalue weighted by molar-refractivity contribution is 5.58. The van der Waals surface area contributed by atoms with E-state index < -0.39 is 0 Å². The maximum atomic E-state index is 9.13.